The van der Waals surface area contributed by atoms with E-state index in [4.69, 9.17) is 4.74 Å². The average molecular weight is 318 g/mol. The lowest BCUT2D eigenvalue weighted by Crippen LogP contribution is -2.30. The van der Waals surface area contributed by atoms with E-state index in [0.717, 1.165) is 11.3 Å². The summed E-state index contributed by atoms with van der Waals surface area (Å²) in [7, 11) is 1.82. The molecular weight excluding hydrogens is 296 g/mol. The number of carbonyl (C=O) groups is 1. The van der Waals surface area contributed by atoms with Crippen LogP contribution in [0.15, 0.2) is 23.1 Å². The first-order chi connectivity index (χ1) is 10.6. The van der Waals surface area contributed by atoms with E-state index in [0.29, 0.717) is 5.82 Å². The lowest BCUT2D eigenvalue weighted by Gasteiger charge is -2.19. The summed E-state index contributed by atoms with van der Waals surface area (Å²) in [4.78, 5) is 24.4. The lowest BCUT2D eigenvalue weighted by atomic mass is 10.2. The van der Waals surface area contributed by atoms with Crippen molar-refractivity contribution in [2.24, 2.45) is 7.05 Å². The third kappa shape index (κ3) is 3.61. The molecule has 0 bridgehead atoms. The van der Waals surface area contributed by atoms with E-state index in [2.05, 4.69) is 10.4 Å². The summed E-state index contributed by atoms with van der Waals surface area (Å²) in [5, 5.41) is 6.84. The van der Waals surface area contributed by atoms with Crippen molar-refractivity contribution in [1.29, 1.82) is 0 Å². The van der Waals surface area contributed by atoms with Gasteiger partial charge in [-0.2, -0.15) is 5.10 Å². The second-order valence-corrected chi connectivity index (χ2v) is 6.38. The molecular formula is C16H22N4O3. The molecule has 2 aromatic heterocycles. The summed E-state index contributed by atoms with van der Waals surface area (Å²) in [6, 6.07) is 3.21. The van der Waals surface area contributed by atoms with E-state index in [1.165, 1.54) is 10.6 Å². The Morgan fingerprint density at radius 1 is 1.30 bits per heavy atom. The number of rotatable bonds is 2. The Morgan fingerprint density at radius 3 is 2.48 bits per heavy atom. The second-order valence-electron chi connectivity index (χ2n) is 6.38. The smallest absolute Gasteiger partial charge is 0.412 e. The highest BCUT2D eigenvalue weighted by atomic mass is 16.6. The Kier molecular flexibility index (Phi) is 4.31. The van der Waals surface area contributed by atoms with Gasteiger partial charge in [0.05, 0.1) is 0 Å². The first kappa shape index (κ1) is 16.8. The first-order valence-corrected chi connectivity index (χ1v) is 7.32. The molecule has 2 aromatic rings. The van der Waals surface area contributed by atoms with Gasteiger partial charge in [0.15, 0.2) is 5.82 Å². The zero-order valence-electron chi connectivity index (χ0n) is 14.3. The number of nitrogens with zero attached hydrogens (tertiary/aromatic N) is 3. The summed E-state index contributed by atoms with van der Waals surface area (Å²) in [6.45, 7) is 9.11. The van der Waals surface area contributed by atoms with Gasteiger partial charge < -0.3 is 4.74 Å². The minimum atomic E-state index is -0.665. The van der Waals surface area contributed by atoms with Crippen LogP contribution in [0.5, 0.6) is 0 Å². The van der Waals surface area contributed by atoms with Gasteiger partial charge >= 0.3 is 6.09 Å². The van der Waals surface area contributed by atoms with Crippen LogP contribution in [-0.2, 0) is 11.8 Å². The fraction of sp³-hybridized carbons (Fsp3) is 0.438. The highest BCUT2D eigenvalue weighted by Crippen LogP contribution is 2.15. The SMILES string of the molecule is Cc1c(-n2cccc(NC(=O)OC(C)(C)C)c2=O)nn(C)c1C. The van der Waals surface area contributed by atoms with Crippen molar-refractivity contribution in [1.82, 2.24) is 14.3 Å². The Labute approximate surface area is 134 Å². The van der Waals surface area contributed by atoms with E-state index in [9.17, 15) is 9.59 Å². The van der Waals surface area contributed by atoms with Crippen molar-refractivity contribution < 1.29 is 9.53 Å². The molecule has 0 radical (unpaired) electrons. The number of carbonyl (C=O) groups excluding carboxylic acids is 1. The number of aryl methyl sites for hydroxylation is 1. The van der Waals surface area contributed by atoms with Gasteiger partial charge in [0, 0.05) is 24.5 Å². The first-order valence-electron chi connectivity index (χ1n) is 7.32. The largest absolute Gasteiger partial charge is 0.444 e. The van der Waals surface area contributed by atoms with Crippen LogP contribution in [0.2, 0.25) is 0 Å². The summed E-state index contributed by atoms with van der Waals surface area (Å²) in [5.41, 5.74) is 1.03. The predicted molar refractivity (Wildman–Crippen MR) is 88.1 cm³/mol. The van der Waals surface area contributed by atoms with Crippen molar-refractivity contribution in [2.45, 2.75) is 40.2 Å². The van der Waals surface area contributed by atoms with Gasteiger partial charge in [0.25, 0.3) is 5.56 Å². The van der Waals surface area contributed by atoms with Crippen LogP contribution in [0.25, 0.3) is 5.82 Å². The summed E-state index contributed by atoms with van der Waals surface area (Å²) < 4.78 is 8.30. The van der Waals surface area contributed by atoms with E-state index in [1.54, 1.807) is 37.7 Å². The highest BCUT2D eigenvalue weighted by Gasteiger charge is 2.18. The number of anilines is 1. The molecule has 23 heavy (non-hydrogen) atoms. The lowest BCUT2D eigenvalue weighted by molar-refractivity contribution is 0.0635. The molecule has 1 amide bonds. The number of pyridine rings is 1. The quantitative estimate of drug-likeness (QED) is 0.923. The number of aromatic nitrogens is 3. The van der Waals surface area contributed by atoms with Crippen molar-refractivity contribution >= 4 is 11.8 Å². The van der Waals surface area contributed by atoms with E-state index >= 15 is 0 Å². The van der Waals surface area contributed by atoms with E-state index < -0.39 is 11.7 Å². The molecule has 0 atom stereocenters. The van der Waals surface area contributed by atoms with Crippen LogP contribution in [0.1, 0.15) is 32.0 Å². The number of hydrogen-bond donors (Lipinski definition) is 1. The number of amides is 1. The molecule has 0 saturated heterocycles. The predicted octanol–water partition coefficient (Wildman–Crippen LogP) is 2.53. The van der Waals surface area contributed by atoms with Gasteiger partial charge in [-0.3, -0.25) is 19.4 Å². The molecule has 0 saturated carbocycles. The van der Waals surface area contributed by atoms with E-state index in [-0.39, 0.29) is 11.2 Å². The molecule has 0 spiro atoms. The van der Waals surface area contributed by atoms with Gasteiger partial charge in [0.1, 0.15) is 11.3 Å². The van der Waals surface area contributed by atoms with Crippen molar-refractivity contribution in [3.05, 3.63) is 39.9 Å². The maximum atomic E-state index is 12.6. The third-order valence-electron chi connectivity index (χ3n) is 3.42. The molecule has 7 nitrogen and oxygen atoms in total. The van der Waals surface area contributed by atoms with Crippen LogP contribution < -0.4 is 10.9 Å². The molecule has 0 aromatic carbocycles. The fourth-order valence-corrected chi connectivity index (χ4v) is 2.10. The minimum absolute atomic E-state index is 0.143. The molecule has 124 valence electrons. The topological polar surface area (TPSA) is 78.2 Å². The Bertz CT molecular complexity index is 797. The normalized spacial score (nSPS) is 11.4. The second kappa shape index (κ2) is 5.91. The van der Waals surface area contributed by atoms with Crippen molar-refractivity contribution in [3.63, 3.8) is 0 Å². The maximum Gasteiger partial charge on any atom is 0.412 e. The molecule has 2 rings (SSSR count). The zero-order valence-corrected chi connectivity index (χ0v) is 14.3. The zero-order chi connectivity index (χ0) is 17.4. The fourth-order valence-electron chi connectivity index (χ4n) is 2.10. The van der Waals surface area contributed by atoms with Gasteiger partial charge in [-0.1, -0.05) is 0 Å². The standard InChI is InChI=1S/C16H22N4O3/c1-10-11(2)19(6)18-13(10)20-9-7-8-12(14(20)21)17-15(22)23-16(3,4)5/h7-9H,1-6H3,(H,17,22). The van der Waals surface area contributed by atoms with Crippen LogP contribution >= 0.6 is 0 Å². The average Bonchev–Trinajstić information content (AvgIpc) is 2.67. The summed E-state index contributed by atoms with van der Waals surface area (Å²) in [5.74, 6) is 0.544. The highest BCUT2D eigenvalue weighted by molar-refractivity contribution is 5.84. The number of nitrogens with one attached hydrogen (secondary N) is 1. The van der Waals surface area contributed by atoms with Gasteiger partial charge in [-0.05, 0) is 46.8 Å². The van der Waals surface area contributed by atoms with Gasteiger partial charge in [-0.15, -0.1) is 0 Å². The number of hydrogen-bond acceptors (Lipinski definition) is 4. The summed E-state index contributed by atoms with van der Waals surface area (Å²) >= 11 is 0. The Hall–Kier alpha value is -2.57. The van der Waals surface area contributed by atoms with Gasteiger partial charge in [0.2, 0.25) is 0 Å². The van der Waals surface area contributed by atoms with Crippen LogP contribution in [0, 0.1) is 13.8 Å². The van der Waals surface area contributed by atoms with E-state index in [1.807, 2.05) is 20.9 Å². The molecule has 7 heteroatoms. The molecule has 0 aliphatic rings. The molecule has 0 fully saturated rings. The minimum Gasteiger partial charge on any atom is -0.444 e. The molecule has 1 N–H and O–H groups in total. The van der Waals surface area contributed by atoms with Crippen LogP contribution in [0.3, 0.4) is 0 Å². The van der Waals surface area contributed by atoms with Crippen LogP contribution in [0.4, 0.5) is 10.5 Å². The Balaban J connectivity index is 2.37. The molecule has 2 heterocycles. The van der Waals surface area contributed by atoms with Crippen molar-refractivity contribution in [3.8, 4) is 5.82 Å². The Morgan fingerprint density at radius 2 is 1.96 bits per heavy atom. The summed E-state index contributed by atoms with van der Waals surface area (Å²) in [6.07, 6.45) is 0.957. The maximum absolute atomic E-state index is 12.6. The molecule has 0 aliphatic carbocycles. The third-order valence-corrected chi connectivity index (χ3v) is 3.42. The van der Waals surface area contributed by atoms with Crippen molar-refractivity contribution in [2.75, 3.05) is 5.32 Å². The number of ether oxygens (including phenoxy) is 1. The van der Waals surface area contributed by atoms with Crippen LogP contribution in [-0.4, -0.2) is 26.0 Å². The monoisotopic (exact) mass is 318 g/mol. The molecule has 0 aliphatic heterocycles. The van der Waals surface area contributed by atoms with Gasteiger partial charge in [-0.25, -0.2) is 4.79 Å². The molecule has 0 unspecified atom stereocenters.